The van der Waals surface area contributed by atoms with Gasteiger partial charge in [0, 0.05) is 11.7 Å². The Balaban J connectivity index is 2.23. The van der Waals surface area contributed by atoms with Crippen LogP contribution in [0.1, 0.15) is 32.1 Å². The van der Waals surface area contributed by atoms with E-state index >= 15 is 0 Å². The molecule has 0 spiro atoms. The van der Waals surface area contributed by atoms with E-state index < -0.39 is 10.1 Å². The van der Waals surface area contributed by atoms with Crippen molar-refractivity contribution in [1.82, 2.24) is 0 Å². The monoisotopic (exact) mass is 252 g/mol. The molecule has 0 saturated heterocycles. The van der Waals surface area contributed by atoms with Crippen molar-refractivity contribution >= 4 is 27.0 Å². The second kappa shape index (κ2) is 5.86. The Morgan fingerprint density at radius 1 is 1.27 bits per heavy atom. The lowest BCUT2D eigenvalue weighted by Crippen LogP contribution is -2.16. The fraction of sp³-hybridized carbons (Fsp3) is 0.889. The smallest absolute Gasteiger partial charge is 0.265 e. The summed E-state index contributed by atoms with van der Waals surface area (Å²) in [5.74, 6) is -0.0743. The Labute approximate surface area is 94.6 Å². The summed E-state index contributed by atoms with van der Waals surface area (Å²) in [5.41, 5.74) is 0. The van der Waals surface area contributed by atoms with Gasteiger partial charge >= 0.3 is 0 Å². The zero-order valence-electron chi connectivity index (χ0n) is 8.52. The van der Waals surface area contributed by atoms with Crippen LogP contribution in [0, 0.1) is 5.92 Å². The first-order valence-corrected chi connectivity index (χ1v) is 7.70. The number of carbonyl (C=O) groups excluding carboxylic acids is 1. The standard InChI is InChI=1S/C9H16O4S2/c10-9(8-4-2-1-3-5-8)14-6-7-15(11,12)13/h8H,1-7H2,(H,11,12,13). The van der Waals surface area contributed by atoms with E-state index in [0.29, 0.717) is 0 Å². The van der Waals surface area contributed by atoms with Gasteiger partial charge in [0.25, 0.3) is 10.1 Å². The molecule has 15 heavy (non-hydrogen) atoms. The molecule has 1 aliphatic rings. The maximum atomic E-state index is 11.6. The van der Waals surface area contributed by atoms with E-state index in [9.17, 15) is 13.2 Å². The molecule has 0 unspecified atom stereocenters. The maximum absolute atomic E-state index is 11.6. The summed E-state index contributed by atoms with van der Waals surface area (Å²) >= 11 is 1.03. The van der Waals surface area contributed by atoms with E-state index in [0.717, 1.165) is 37.4 Å². The fourth-order valence-corrected chi connectivity index (χ4v) is 3.55. The van der Waals surface area contributed by atoms with Gasteiger partial charge in [-0.2, -0.15) is 8.42 Å². The van der Waals surface area contributed by atoms with Gasteiger partial charge in [0.05, 0.1) is 5.75 Å². The third-order valence-electron chi connectivity index (χ3n) is 2.52. The minimum absolute atomic E-state index is 0.0818. The second-order valence-corrected chi connectivity index (χ2v) is 6.46. The molecule has 4 nitrogen and oxygen atoms in total. The van der Waals surface area contributed by atoms with E-state index in [1.165, 1.54) is 6.42 Å². The van der Waals surface area contributed by atoms with Crippen LogP contribution >= 0.6 is 11.8 Å². The molecule has 1 N–H and O–H groups in total. The number of carbonyl (C=O) groups is 1. The molecular formula is C9H16O4S2. The van der Waals surface area contributed by atoms with Gasteiger partial charge in [0.2, 0.25) is 0 Å². The highest BCUT2D eigenvalue weighted by Crippen LogP contribution is 2.27. The molecule has 0 aromatic rings. The molecular weight excluding hydrogens is 236 g/mol. The van der Waals surface area contributed by atoms with Gasteiger partial charge in [0.15, 0.2) is 5.12 Å². The highest BCUT2D eigenvalue weighted by Gasteiger charge is 2.21. The highest BCUT2D eigenvalue weighted by molar-refractivity contribution is 8.14. The minimum Gasteiger partial charge on any atom is -0.287 e. The van der Waals surface area contributed by atoms with Gasteiger partial charge in [0.1, 0.15) is 0 Å². The van der Waals surface area contributed by atoms with Crippen LogP contribution in [0.5, 0.6) is 0 Å². The Bertz CT molecular complexity index is 304. The Kier molecular flexibility index (Phi) is 5.08. The molecule has 1 rings (SSSR count). The van der Waals surface area contributed by atoms with E-state index in [4.69, 9.17) is 4.55 Å². The van der Waals surface area contributed by atoms with E-state index in [-0.39, 0.29) is 22.5 Å². The summed E-state index contributed by atoms with van der Waals surface area (Å²) in [6.07, 6.45) is 5.24. The third-order valence-corrected chi connectivity index (χ3v) is 4.53. The predicted octanol–water partition coefficient (Wildman–Crippen LogP) is 1.71. The van der Waals surface area contributed by atoms with Gasteiger partial charge in [-0.3, -0.25) is 9.35 Å². The molecule has 0 aromatic heterocycles. The summed E-state index contributed by atoms with van der Waals surface area (Å²) in [6.45, 7) is 0. The van der Waals surface area contributed by atoms with Gasteiger partial charge < -0.3 is 0 Å². The minimum atomic E-state index is -3.92. The number of rotatable bonds is 4. The summed E-state index contributed by atoms with van der Waals surface area (Å²) < 4.78 is 29.3. The molecule has 0 radical (unpaired) electrons. The van der Waals surface area contributed by atoms with Gasteiger partial charge in [-0.05, 0) is 12.8 Å². The van der Waals surface area contributed by atoms with E-state index in [1.807, 2.05) is 0 Å². The molecule has 0 heterocycles. The number of hydrogen-bond donors (Lipinski definition) is 1. The van der Waals surface area contributed by atoms with Crippen LogP contribution in [0.4, 0.5) is 0 Å². The predicted molar refractivity (Wildman–Crippen MR) is 60.5 cm³/mol. The largest absolute Gasteiger partial charge is 0.287 e. The van der Waals surface area contributed by atoms with E-state index in [1.54, 1.807) is 0 Å². The quantitative estimate of drug-likeness (QED) is 0.771. The number of hydrogen-bond acceptors (Lipinski definition) is 4. The lowest BCUT2D eigenvalue weighted by molar-refractivity contribution is -0.115. The van der Waals surface area contributed by atoms with Crippen molar-refractivity contribution in [3.05, 3.63) is 0 Å². The maximum Gasteiger partial charge on any atom is 0.265 e. The van der Waals surface area contributed by atoms with Crippen molar-refractivity contribution in [3.8, 4) is 0 Å². The van der Waals surface area contributed by atoms with Gasteiger partial charge in [-0.15, -0.1) is 0 Å². The first-order valence-electron chi connectivity index (χ1n) is 5.11. The summed E-state index contributed by atoms with van der Waals surface area (Å²) in [7, 11) is -3.92. The van der Waals surface area contributed by atoms with Crippen molar-refractivity contribution < 1.29 is 17.8 Å². The summed E-state index contributed by atoms with van der Waals surface area (Å²) in [6, 6.07) is 0. The molecule has 0 atom stereocenters. The summed E-state index contributed by atoms with van der Waals surface area (Å²) in [5, 5.41) is 0.0818. The van der Waals surface area contributed by atoms with Crippen molar-refractivity contribution in [1.29, 1.82) is 0 Å². The molecule has 1 saturated carbocycles. The van der Waals surface area contributed by atoms with Gasteiger partial charge in [-0.1, -0.05) is 31.0 Å². The van der Waals surface area contributed by atoms with Crippen LogP contribution in [0.25, 0.3) is 0 Å². The zero-order valence-corrected chi connectivity index (χ0v) is 10.1. The van der Waals surface area contributed by atoms with Crippen molar-refractivity contribution in [2.24, 2.45) is 5.92 Å². The van der Waals surface area contributed by atoms with Crippen LogP contribution in [-0.4, -0.2) is 29.6 Å². The molecule has 0 amide bonds. The van der Waals surface area contributed by atoms with Crippen molar-refractivity contribution in [2.75, 3.05) is 11.5 Å². The number of thioether (sulfide) groups is 1. The van der Waals surface area contributed by atoms with Crippen molar-refractivity contribution in [2.45, 2.75) is 32.1 Å². The Morgan fingerprint density at radius 3 is 2.40 bits per heavy atom. The van der Waals surface area contributed by atoms with Crippen LogP contribution in [-0.2, 0) is 14.9 Å². The van der Waals surface area contributed by atoms with Crippen LogP contribution < -0.4 is 0 Å². The summed E-state index contributed by atoms with van der Waals surface area (Å²) in [4.78, 5) is 11.6. The molecule has 1 aliphatic carbocycles. The van der Waals surface area contributed by atoms with E-state index in [2.05, 4.69) is 0 Å². The molecule has 1 fully saturated rings. The zero-order chi connectivity index (χ0) is 11.3. The Morgan fingerprint density at radius 2 is 1.87 bits per heavy atom. The highest BCUT2D eigenvalue weighted by atomic mass is 32.2. The molecule has 0 aromatic carbocycles. The Hall–Kier alpha value is -0.0700. The van der Waals surface area contributed by atoms with Crippen LogP contribution in [0.2, 0.25) is 0 Å². The average molecular weight is 252 g/mol. The second-order valence-electron chi connectivity index (χ2n) is 3.79. The lowest BCUT2D eigenvalue weighted by atomic mass is 9.90. The van der Waals surface area contributed by atoms with Crippen LogP contribution in [0.3, 0.4) is 0 Å². The average Bonchev–Trinajstić information content (AvgIpc) is 2.17. The van der Waals surface area contributed by atoms with Crippen molar-refractivity contribution in [3.63, 3.8) is 0 Å². The topological polar surface area (TPSA) is 71.4 Å². The molecule has 0 aliphatic heterocycles. The third kappa shape index (κ3) is 5.53. The van der Waals surface area contributed by atoms with Crippen LogP contribution in [0.15, 0.2) is 0 Å². The molecule has 0 bridgehead atoms. The first kappa shape index (κ1) is 13.0. The molecule has 88 valence electrons. The SMILES string of the molecule is O=C(SCCS(=O)(=O)O)C1CCCCC1. The normalized spacial score (nSPS) is 19.0. The first-order chi connectivity index (χ1) is 6.99. The lowest BCUT2D eigenvalue weighted by Gasteiger charge is -2.19. The molecule has 6 heteroatoms. The van der Waals surface area contributed by atoms with Gasteiger partial charge in [-0.25, -0.2) is 0 Å². The fourth-order valence-electron chi connectivity index (χ4n) is 1.70.